The fraction of sp³-hybridized carbons (Fsp3) is 0.370. The third-order valence-electron chi connectivity index (χ3n) is 7.10. The van der Waals surface area contributed by atoms with Gasteiger partial charge < -0.3 is 21.3 Å². The maximum Gasteiger partial charge on any atom is 0.147 e. The molecule has 2 aliphatic heterocycles. The third-order valence-corrected chi connectivity index (χ3v) is 7.10. The molecule has 0 amide bonds. The van der Waals surface area contributed by atoms with Gasteiger partial charge in [-0.1, -0.05) is 24.3 Å². The molecule has 2 aromatic carbocycles. The number of anilines is 1. The van der Waals surface area contributed by atoms with Gasteiger partial charge in [0.15, 0.2) is 0 Å². The summed E-state index contributed by atoms with van der Waals surface area (Å²) >= 11 is 0. The van der Waals surface area contributed by atoms with E-state index >= 15 is 0 Å². The Balaban J connectivity index is 0.000000297. The van der Waals surface area contributed by atoms with Crippen LogP contribution in [0.1, 0.15) is 24.8 Å². The summed E-state index contributed by atoms with van der Waals surface area (Å²) in [5.41, 5.74) is 17.8. The number of hydrogen-bond donors (Lipinski definition) is 2. The number of nitrogens with zero attached hydrogens (tertiary/aromatic N) is 5. The Hall–Kier alpha value is -3.29. The van der Waals surface area contributed by atoms with Crippen LogP contribution >= 0.6 is 0 Å². The number of likely N-dealkylation sites (N-methyl/N-ethyl adjacent to an activating group) is 1. The minimum Gasteiger partial charge on any atom is -0.387 e. The lowest BCUT2D eigenvalue weighted by molar-refractivity contribution is 0.312. The van der Waals surface area contributed by atoms with Crippen molar-refractivity contribution in [3.05, 3.63) is 60.8 Å². The molecule has 0 atom stereocenters. The van der Waals surface area contributed by atoms with Gasteiger partial charge in [-0.3, -0.25) is 4.98 Å². The molecule has 0 spiro atoms. The molecule has 1 aliphatic carbocycles. The second kappa shape index (κ2) is 9.16. The van der Waals surface area contributed by atoms with Gasteiger partial charge in [-0.25, -0.2) is 9.98 Å². The van der Waals surface area contributed by atoms with Gasteiger partial charge in [0, 0.05) is 38.1 Å². The first kappa shape index (κ1) is 22.5. The van der Waals surface area contributed by atoms with Gasteiger partial charge in [0.25, 0.3) is 0 Å². The molecule has 4 N–H and O–H groups in total. The number of amidine groups is 1. The summed E-state index contributed by atoms with van der Waals surface area (Å²) in [6, 6.07) is 12.6. The monoisotopic (exact) mass is 455 g/mol. The molecule has 1 saturated carbocycles. The van der Waals surface area contributed by atoms with E-state index in [0.29, 0.717) is 5.84 Å². The Morgan fingerprint density at radius 2 is 1.74 bits per heavy atom. The van der Waals surface area contributed by atoms with Crippen LogP contribution in [0.4, 0.5) is 11.5 Å². The van der Waals surface area contributed by atoms with Crippen LogP contribution < -0.4 is 16.4 Å². The minimum absolute atomic E-state index is 0.0278. The normalized spacial score (nSPS) is 19.0. The van der Waals surface area contributed by atoms with Gasteiger partial charge in [-0.2, -0.15) is 0 Å². The number of rotatable bonds is 3. The van der Waals surface area contributed by atoms with Crippen LogP contribution in [-0.2, 0) is 6.42 Å². The number of nitrogens with two attached hydrogens (primary N) is 2. The standard InChI is InChI=1S/C21H22N6.C6H11N/c1-26-6-8-27(9-7-26)21-13-23-17-5-4-15(11-19(17)25-21)14-2-3-16-12-20(22)24-18(16)10-14;1-2-6(7)4-3-5-6/h2-5,10-11,13H,6-9,12H2,1H3,(H2,22,24);2H,1,3-5,7H2. The zero-order chi connectivity index (χ0) is 23.7. The Morgan fingerprint density at radius 3 is 2.41 bits per heavy atom. The predicted octanol–water partition coefficient (Wildman–Crippen LogP) is 3.65. The first-order valence-corrected chi connectivity index (χ1v) is 12.0. The molecule has 3 heterocycles. The van der Waals surface area contributed by atoms with Crippen molar-refractivity contribution in [3.63, 3.8) is 0 Å². The van der Waals surface area contributed by atoms with Crippen LogP contribution in [0.3, 0.4) is 0 Å². The largest absolute Gasteiger partial charge is 0.387 e. The smallest absolute Gasteiger partial charge is 0.147 e. The van der Waals surface area contributed by atoms with Gasteiger partial charge in [-0.05, 0) is 61.2 Å². The number of hydrogen-bond acceptors (Lipinski definition) is 7. The van der Waals surface area contributed by atoms with Gasteiger partial charge in [0.2, 0.25) is 0 Å². The molecule has 34 heavy (non-hydrogen) atoms. The SMILES string of the molecule is C=CC1(N)CCC1.CN1CCN(c2cnc3ccc(-c4ccc5c(c4)N=C(N)C5)cc3n2)CC1. The number of aromatic nitrogens is 2. The average Bonchev–Trinajstić information content (AvgIpc) is 3.22. The summed E-state index contributed by atoms with van der Waals surface area (Å²) in [5, 5.41) is 0. The van der Waals surface area contributed by atoms with Crippen molar-refractivity contribution in [1.82, 2.24) is 14.9 Å². The van der Waals surface area contributed by atoms with Crippen molar-refractivity contribution in [3.8, 4) is 11.1 Å². The quantitative estimate of drug-likeness (QED) is 0.585. The first-order chi connectivity index (χ1) is 16.4. The van der Waals surface area contributed by atoms with E-state index in [1.807, 2.05) is 18.3 Å². The van der Waals surface area contributed by atoms with Crippen molar-refractivity contribution in [2.45, 2.75) is 31.2 Å². The number of piperazine rings is 1. The number of aliphatic imine (C=N–C) groups is 1. The Kier molecular flexibility index (Phi) is 6.06. The second-order valence-corrected chi connectivity index (χ2v) is 9.64. The molecule has 2 fully saturated rings. The first-order valence-electron chi connectivity index (χ1n) is 12.0. The average molecular weight is 456 g/mol. The summed E-state index contributed by atoms with van der Waals surface area (Å²) in [6.07, 6.45) is 8.04. The highest BCUT2D eigenvalue weighted by atomic mass is 15.3. The van der Waals surface area contributed by atoms with Crippen molar-refractivity contribution < 1.29 is 0 Å². The Labute approximate surface area is 201 Å². The van der Waals surface area contributed by atoms with Crippen molar-refractivity contribution in [2.75, 3.05) is 38.1 Å². The lowest BCUT2D eigenvalue weighted by Crippen LogP contribution is -2.44. The Bertz CT molecular complexity index is 1240. The highest BCUT2D eigenvalue weighted by Crippen LogP contribution is 2.32. The number of fused-ring (bicyclic) bond motifs is 2. The van der Waals surface area contributed by atoms with Crippen LogP contribution in [0, 0.1) is 0 Å². The molecule has 7 heteroatoms. The van der Waals surface area contributed by atoms with Crippen LogP contribution in [0.25, 0.3) is 22.2 Å². The van der Waals surface area contributed by atoms with Gasteiger partial charge >= 0.3 is 0 Å². The van der Waals surface area contributed by atoms with Crippen LogP contribution in [0.5, 0.6) is 0 Å². The minimum atomic E-state index is 0.0278. The molecule has 0 radical (unpaired) electrons. The fourth-order valence-electron chi connectivity index (χ4n) is 4.54. The zero-order valence-corrected chi connectivity index (χ0v) is 19.9. The topological polar surface area (TPSA) is 96.7 Å². The van der Waals surface area contributed by atoms with Crippen LogP contribution in [-0.4, -0.2) is 59.5 Å². The van der Waals surface area contributed by atoms with E-state index < -0.39 is 0 Å². The molecule has 176 valence electrons. The van der Waals surface area contributed by atoms with E-state index in [4.69, 9.17) is 16.5 Å². The van der Waals surface area contributed by atoms with E-state index in [-0.39, 0.29) is 5.54 Å². The maximum atomic E-state index is 5.87. The van der Waals surface area contributed by atoms with Crippen molar-refractivity contribution in [2.24, 2.45) is 16.5 Å². The predicted molar refractivity (Wildman–Crippen MR) is 141 cm³/mol. The highest BCUT2D eigenvalue weighted by molar-refractivity contribution is 5.92. The summed E-state index contributed by atoms with van der Waals surface area (Å²) in [5.74, 6) is 1.64. The third kappa shape index (κ3) is 4.67. The van der Waals surface area contributed by atoms with E-state index in [1.54, 1.807) is 0 Å². The molecule has 7 nitrogen and oxygen atoms in total. The molecular formula is C27H33N7. The molecule has 0 bridgehead atoms. The van der Waals surface area contributed by atoms with Crippen LogP contribution in [0.15, 0.2) is 60.2 Å². The molecule has 3 aliphatic rings. The maximum absolute atomic E-state index is 5.87. The lowest BCUT2D eigenvalue weighted by Gasteiger charge is -2.34. The molecule has 1 saturated heterocycles. The summed E-state index contributed by atoms with van der Waals surface area (Å²) in [7, 11) is 2.16. The molecule has 3 aromatic rings. The molecule has 6 rings (SSSR count). The summed E-state index contributed by atoms with van der Waals surface area (Å²) < 4.78 is 0. The van der Waals surface area contributed by atoms with E-state index in [0.717, 1.165) is 79.1 Å². The van der Waals surface area contributed by atoms with Crippen molar-refractivity contribution >= 4 is 28.4 Å². The van der Waals surface area contributed by atoms with E-state index in [9.17, 15) is 0 Å². The van der Waals surface area contributed by atoms with Gasteiger partial charge in [0.05, 0.1) is 22.9 Å². The summed E-state index contributed by atoms with van der Waals surface area (Å²) in [6.45, 7) is 7.71. The Morgan fingerprint density at radius 1 is 1.00 bits per heavy atom. The highest BCUT2D eigenvalue weighted by Gasteiger charge is 2.28. The van der Waals surface area contributed by atoms with E-state index in [1.165, 1.54) is 12.0 Å². The lowest BCUT2D eigenvalue weighted by atomic mass is 9.78. The van der Waals surface area contributed by atoms with E-state index in [2.05, 4.69) is 63.7 Å². The molecular weight excluding hydrogens is 422 g/mol. The summed E-state index contributed by atoms with van der Waals surface area (Å²) in [4.78, 5) is 18.6. The van der Waals surface area contributed by atoms with Gasteiger partial charge in [-0.15, -0.1) is 6.58 Å². The fourth-order valence-corrected chi connectivity index (χ4v) is 4.54. The van der Waals surface area contributed by atoms with Crippen LogP contribution in [0.2, 0.25) is 0 Å². The molecule has 0 unspecified atom stereocenters. The second-order valence-electron chi connectivity index (χ2n) is 9.64. The van der Waals surface area contributed by atoms with Gasteiger partial charge in [0.1, 0.15) is 11.7 Å². The number of benzene rings is 2. The zero-order valence-electron chi connectivity index (χ0n) is 19.9. The molecule has 1 aromatic heterocycles. The van der Waals surface area contributed by atoms with Crippen molar-refractivity contribution in [1.29, 1.82) is 0 Å².